The first kappa shape index (κ1) is 34.3. The van der Waals surface area contributed by atoms with Crippen molar-refractivity contribution in [3.8, 4) is 28.5 Å². The Morgan fingerprint density at radius 2 is 1.89 bits per heavy atom. The van der Waals surface area contributed by atoms with Crippen molar-refractivity contribution in [3.63, 3.8) is 0 Å². The van der Waals surface area contributed by atoms with E-state index in [4.69, 9.17) is 24.2 Å². The van der Waals surface area contributed by atoms with Crippen molar-refractivity contribution < 1.29 is 24.1 Å². The van der Waals surface area contributed by atoms with E-state index in [9.17, 15) is 9.90 Å². The van der Waals surface area contributed by atoms with Crippen molar-refractivity contribution in [1.82, 2.24) is 29.9 Å². The summed E-state index contributed by atoms with van der Waals surface area (Å²) in [5, 5.41) is 23.3. The summed E-state index contributed by atoms with van der Waals surface area (Å²) in [6, 6.07) is 7.71. The summed E-state index contributed by atoms with van der Waals surface area (Å²) in [5.41, 5.74) is 3.52. The molecule has 1 unspecified atom stereocenters. The lowest BCUT2D eigenvalue weighted by Gasteiger charge is -2.26. The number of anilines is 1. The maximum atomic E-state index is 12.3. The third kappa shape index (κ3) is 9.72. The van der Waals surface area contributed by atoms with Gasteiger partial charge in [-0.2, -0.15) is 0 Å². The number of carbonyl (C=O) groups is 1. The van der Waals surface area contributed by atoms with Crippen LogP contribution >= 0.6 is 0 Å². The van der Waals surface area contributed by atoms with Crippen LogP contribution < -0.4 is 10.1 Å². The summed E-state index contributed by atoms with van der Waals surface area (Å²) in [6.45, 7) is 17.9. The van der Waals surface area contributed by atoms with E-state index in [2.05, 4.69) is 35.3 Å². The summed E-state index contributed by atoms with van der Waals surface area (Å²) < 4.78 is 18.9. The van der Waals surface area contributed by atoms with Crippen molar-refractivity contribution in [2.75, 3.05) is 38.7 Å². The lowest BCUT2D eigenvalue weighted by Crippen LogP contribution is -2.40. The van der Waals surface area contributed by atoms with Crippen molar-refractivity contribution in [2.24, 2.45) is 0 Å². The highest BCUT2D eigenvalue weighted by atomic mass is 28.3. The van der Waals surface area contributed by atoms with Gasteiger partial charge in [0.05, 0.1) is 20.3 Å². The average Bonchev–Trinajstić information content (AvgIpc) is 3.30. The molecule has 45 heavy (non-hydrogen) atoms. The molecule has 3 aromatic rings. The molecule has 0 spiro atoms. The molecule has 246 valence electrons. The number of aliphatic hydroxyl groups is 1. The number of nitrogens with one attached hydrogen (secondary N) is 1. The molecule has 0 bridgehead atoms. The van der Waals surface area contributed by atoms with E-state index in [1.807, 2.05) is 42.8 Å². The third-order valence-electron chi connectivity index (χ3n) is 7.26. The Morgan fingerprint density at radius 1 is 1.18 bits per heavy atom. The minimum absolute atomic E-state index is 0.00740. The quantitative estimate of drug-likeness (QED) is 0.273. The molecule has 1 aliphatic rings. The van der Waals surface area contributed by atoms with E-state index < -0.39 is 25.9 Å². The Bertz CT molecular complexity index is 1460. The summed E-state index contributed by atoms with van der Waals surface area (Å²) in [4.78, 5) is 23.6. The molecule has 2 aromatic heterocycles. The number of likely N-dealkylation sites (N-methyl/N-ethyl adjacent to an activating group) is 1. The van der Waals surface area contributed by atoms with E-state index in [1.54, 1.807) is 27.8 Å². The van der Waals surface area contributed by atoms with Crippen LogP contribution in [0.3, 0.4) is 0 Å². The summed E-state index contributed by atoms with van der Waals surface area (Å²) in [6.07, 6.45) is 1.25. The predicted octanol–water partition coefficient (Wildman–Crippen LogP) is 5.09. The standard InChI is InChI=1S/C32H49N7O5Si/c1-21-27(28-22(2)39(37-36-28)20-45(7,8)9)34-30(35-29(21)33-24-13-15-42-16-14-24)23-11-10-12-26(17-23)43-19-25(40)18-38(6)31(41)44-32(3,4)5/h10-12,17,24-25,40H,13-16,18-20H2,1-9H3,(H,33,34,35). The fraction of sp³-hybridized carbons (Fsp3) is 0.594. The zero-order chi connectivity index (χ0) is 32.9. The second-order valence-electron chi connectivity index (χ2n) is 14.0. The van der Waals surface area contributed by atoms with Crippen LogP contribution in [0.15, 0.2) is 24.3 Å². The first-order valence-electron chi connectivity index (χ1n) is 15.6. The van der Waals surface area contributed by atoms with Gasteiger partial charge in [0.15, 0.2) is 5.82 Å². The van der Waals surface area contributed by atoms with Gasteiger partial charge >= 0.3 is 6.09 Å². The number of ether oxygens (including phenoxy) is 3. The number of aromatic nitrogens is 5. The lowest BCUT2D eigenvalue weighted by molar-refractivity contribution is 0.0154. The largest absolute Gasteiger partial charge is 0.491 e. The lowest BCUT2D eigenvalue weighted by atomic mass is 10.1. The van der Waals surface area contributed by atoms with E-state index in [1.165, 1.54) is 4.90 Å². The third-order valence-corrected chi connectivity index (χ3v) is 8.51. The molecule has 12 nitrogen and oxygen atoms in total. The van der Waals surface area contributed by atoms with Gasteiger partial charge in [-0.15, -0.1) is 5.10 Å². The Hall–Kier alpha value is -3.55. The molecule has 0 saturated carbocycles. The Morgan fingerprint density at radius 3 is 2.56 bits per heavy atom. The maximum absolute atomic E-state index is 12.3. The number of rotatable bonds is 11. The average molecular weight is 640 g/mol. The molecule has 1 amide bonds. The molecular weight excluding hydrogens is 590 g/mol. The van der Waals surface area contributed by atoms with Gasteiger partial charge in [-0.25, -0.2) is 14.8 Å². The van der Waals surface area contributed by atoms with Crippen LogP contribution in [0.5, 0.6) is 5.75 Å². The van der Waals surface area contributed by atoms with Crippen LogP contribution in [0.4, 0.5) is 10.6 Å². The number of benzene rings is 1. The Kier molecular flexibility index (Phi) is 10.9. The monoisotopic (exact) mass is 639 g/mol. The van der Waals surface area contributed by atoms with Gasteiger partial charge in [0, 0.05) is 43.6 Å². The summed E-state index contributed by atoms with van der Waals surface area (Å²) in [5.74, 6) is 1.83. The second kappa shape index (κ2) is 14.3. The molecule has 13 heteroatoms. The minimum atomic E-state index is -1.44. The highest BCUT2D eigenvalue weighted by Crippen LogP contribution is 2.32. The highest BCUT2D eigenvalue weighted by Gasteiger charge is 2.25. The molecule has 1 aromatic carbocycles. The van der Waals surface area contributed by atoms with Gasteiger partial charge in [0.25, 0.3) is 0 Å². The molecule has 0 radical (unpaired) electrons. The van der Waals surface area contributed by atoms with Gasteiger partial charge in [-0.3, -0.25) is 4.68 Å². The minimum Gasteiger partial charge on any atom is -0.491 e. The van der Waals surface area contributed by atoms with Crippen LogP contribution in [0, 0.1) is 13.8 Å². The highest BCUT2D eigenvalue weighted by molar-refractivity contribution is 6.74. The van der Waals surface area contributed by atoms with Crippen molar-refractivity contribution >= 4 is 20.0 Å². The zero-order valence-corrected chi connectivity index (χ0v) is 29.2. The van der Waals surface area contributed by atoms with Crippen LogP contribution in [-0.2, 0) is 15.6 Å². The molecule has 1 atom stereocenters. The number of carbonyl (C=O) groups excluding carboxylic acids is 1. The second-order valence-corrected chi connectivity index (χ2v) is 19.4. The Balaban J connectivity index is 1.59. The summed E-state index contributed by atoms with van der Waals surface area (Å²) in [7, 11) is 0.149. The van der Waals surface area contributed by atoms with Crippen LogP contribution in [0.1, 0.15) is 44.9 Å². The first-order chi connectivity index (χ1) is 21.1. The van der Waals surface area contributed by atoms with Gasteiger partial charge in [-0.05, 0) is 59.6 Å². The van der Waals surface area contributed by atoms with Gasteiger partial charge in [-0.1, -0.05) is 37.0 Å². The van der Waals surface area contributed by atoms with Crippen LogP contribution in [-0.4, -0.2) is 100 Å². The maximum Gasteiger partial charge on any atom is 0.410 e. The van der Waals surface area contributed by atoms with Crippen molar-refractivity contribution in [3.05, 3.63) is 35.5 Å². The fourth-order valence-corrected chi connectivity index (χ4v) is 6.13. The van der Waals surface area contributed by atoms with Crippen LogP contribution in [0.2, 0.25) is 19.6 Å². The van der Waals surface area contributed by atoms with E-state index in [-0.39, 0.29) is 19.2 Å². The number of amides is 1. The molecular formula is C32H49N7O5Si. The normalized spacial score (nSPS) is 15.1. The number of hydrogen-bond acceptors (Lipinski definition) is 10. The van der Waals surface area contributed by atoms with Crippen LogP contribution in [0.25, 0.3) is 22.8 Å². The molecule has 1 aliphatic heterocycles. The van der Waals surface area contributed by atoms with Crippen molar-refractivity contribution in [1.29, 1.82) is 0 Å². The number of nitrogens with zero attached hydrogens (tertiary/aromatic N) is 6. The van der Waals surface area contributed by atoms with Gasteiger partial charge in [0.2, 0.25) is 0 Å². The fourth-order valence-electron chi connectivity index (χ4n) is 4.93. The zero-order valence-electron chi connectivity index (χ0n) is 28.2. The van der Waals surface area contributed by atoms with E-state index >= 15 is 0 Å². The van der Waals surface area contributed by atoms with Gasteiger partial charge in [0.1, 0.15) is 41.3 Å². The summed E-state index contributed by atoms with van der Waals surface area (Å²) >= 11 is 0. The molecule has 1 saturated heterocycles. The van der Waals surface area contributed by atoms with Crippen molar-refractivity contribution in [2.45, 2.75) is 91.0 Å². The first-order valence-corrected chi connectivity index (χ1v) is 19.3. The number of aliphatic hydroxyl groups excluding tert-OH is 1. The Labute approximate surface area is 267 Å². The predicted molar refractivity (Wildman–Crippen MR) is 177 cm³/mol. The SMILES string of the molecule is Cc1c(NC2CCOCC2)nc(-c2cccc(OCC(O)CN(C)C(=O)OC(C)(C)C)c2)nc1-c1nnn(C[Si](C)(C)C)c1C. The van der Waals surface area contributed by atoms with E-state index in [0.29, 0.717) is 24.8 Å². The molecule has 2 N–H and O–H groups in total. The molecule has 0 aliphatic carbocycles. The molecule has 1 fully saturated rings. The molecule has 3 heterocycles. The van der Waals surface area contributed by atoms with E-state index in [0.717, 1.165) is 53.0 Å². The topological polar surface area (TPSA) is 137 Å². The van der Waals surface area contributed by atoms with Gasteiger partial charge < -0.3 is 29.5 Å². The smallest absolute Gasteiger partial charge is 0.410 e. The molecule has 4 rings (SSSR count). The number of hydrogen-bond donors (Lipinski definition) is 2.